The van der Waals surface area contributed by atoms with Gasteiger partial charge < -0.3 is 10.3 Å². The molecule has 0 spiro atoms. The Balaban J connectivity index is 1.76. The van der Waals surface area contributed by atoms with E-state index in [9.17, 15) is 13.2 Å². The van der Waals surface area contributed by atoms with Gasteiger partial charge in [0.2, 0.25) is 10.0 Å². The normalized spacial score (nSPS) is 20.4. The van der Waals surface area contributed by atoms with E-state index in [1.54, 1.807) is 12.1 Å². The molecule has 2 aromatic rings. The number of fused-ring (bicyclic) bond motifs is 2. The van der Waals surface area contributed by atoms with Crippen molar-refractivity contribution in [2.75, 3.05) is 12.4 Å². The Bertz CT molecular complexity index is 1080. The Morgan fingerprint density at radius 2 is 2.04 bits per heavy atom. The SMILES string of the molecule is CNS(=O)(=O)c1ccc2c(c1)C(=Cc1cc3c([nH]1)CCCC3C(C)C)C(=O)N2. The van der Waals surface area contributed by atoms with Crippen molar-refractivity contribution in [2.45, 2.75) is 43.9 Å². The van der Waals surface area contributed by atoms with Gasteiger partial charge in [0, 0.05) is 22.6 Å². The predicted molar refractivity (Wildman–Crippen MR) is 110 cm³/mol. The van der Waals surface area contributed by atoms with E-state index in [2.05, 4.69) is 34.9 Å². The van der Waals surface area contributed by atoms with Crippen LogP contribution in [0.4, 0.5) is 5.69 Å². The van der Waals surface area contributed by atoms with E-state index >= 15 is 0 Å². The maximum Gasteiger partial charge on any atom is 0.256 e. The third-order valence-corrected chi connectivity index (χ3v) is 7.17. The number of anilines is 1. The largest absolute Gasteiger partial charge is 0.359 e. The van der Waals surface area contributed by atoms with Crippen LogP contribution in [-0.2, 0) is 21.2 Å². The number of hydrogen-bond donors (Lipinski definition) is 3. The molecule has 2 aliphatic rings. The third-order valence-electron chi connectivity index (χ3n) is 5.75. The quantitative estimate of drug-likeness (QED) is 0.687. The molecule has 0 saturated heterocycles. The number of H-pyrrole nitrogens is 1. The van der Waals surface area contributed by atoms with Gasteiger partial charge in [0.1, 0.15) is 0 Å². The number of hydrogen-bond acceptors (Lipinski definition) is 3. The lowest BCUT2D eigenvalue weighted by molar-refractivity contribution is -0.110. The minimum Gasteiger partial charge on any atom is -0.359 e. The average Bonchev–Trinajstić information content (AvgIpc) is 3.21. The van der Waals surface area contributed by atoms with Crippen LogP contribution in [0.1, 0.15) is 55.1 Å². The Labute approximate surface area is 165 Å². The van der Waals surface area contributed by atoms with Crippen molar-refractivity contribution in [3.8, 4) is 0 Å². The summed E-state index contributed by atoms with van der Waals surface area (Å²) in [4.78, 5) is 16.1. The zero-order valence-electron chi connectivity index (χ0n) is 16.3. The minimum atomic E-state index is -3.58. The molecule has 0 radical (unpaired) electrons. The number of aromatic amines is 1. The van der Waals surface area contributed by atoms with Crippen molar-refractivity contribution in [1.29, 1.82) is 0 Å². The van der Waals surface area contributed by atoms with Crippen molar-refractivity contribution >= 4 is 33.3 Å². The van der Waals surface area contributed by atoms with Crippen LogP contribution in [0.15, 0.2) is 29.2 Å². The fourth-order valence-corrected chi connectivity index (χ4v) is 5.01. The molecule has 1 aliphatic heterocycles. The molecule has 1 aromatic carbocycles. The van der Waals surface area contributed by atoms with E-state index in [4.69, 9.17) is 0 Å². The van der Waals surface area contributed by atoms with E-state index in [1.165, 1.54) is 37.2 Å². The summed E-state index contributed by atoms with van der Waals surface area (Å²) in [5, 5.41) is 2.82. The van der Waals surface area contributed by atoms with Crippen molar-refractivity contribution in [2.24, 2.45) is 5.92 Å². The first-order valence-corrected chi connectivity index (χ1v) is 11.1. The summed E-state index contributed by atoms with van der Waals surface area (Å²) in [5.74, 6) is 0.881. The van der Waals surface area contributed by atoms with Gasteiger partial charge in [-0.3, -0.25) is 4.79 Å². The van der Waals surface area contributed by atoms with E-state index in [1.807, 2.05) is 6.08 Å². The number of nitrogens with one attached hydrogen (secondary N) is 3. The molecule has 1 aliphatic carbocycles. The highest BCUT2D eigenvalue weighted by Gasteiger charge is 2.28. The number of benzene rings is 1. The Kier molecular flexibility index (Phi) is 4.67. The number of carbonyl (C=O) groups excluding carboxylic acids is 1. The molecule has 1 aromatic heterocycles. The van der Waals surface area contributed by atoms with Gasteiger partial charge in [-0.05, 0) is 74.1 Å². The molecule has 6 nitrogen and oxygen atoms in total. The highest BCUT2D eigenvalue weighted by molar-refractivity contribution is 7.89. The summed E-state index contributed by atoms with van der Waals surface area (Å²) < 4.78 is 26.6. The molecule has 0 bridgehead atoms. The van der Waals surface area contributed by atoms with Gasteiger partial charge in [-0.25, -0.2) is 13.1 Å². The number of sulfonamides is 1. The topological polar surface area (TPSA) is 91.1 Å². The van der Waals surface area contributed by atoms with Crippen LogP contribution in [0.5, 0.6) is 0 Å². The monoisotopic (exact) mass is 399 g/mol. The Morgan fingerprint density at radius 1 is 1.25 bits per heavy atom. The molecular formula is C21H25N3O3S. The van der Waals surface area contributed by atoms with Crippen molar-refractivity contribution in [3.63, 3.8) is 0 Å². The molecule has 1 atom stereocenters. The summed E-state index contributed by atoms with van der Waals surface area (Å²) >= 11 is 0. The van der Waals surface area contributed by atoms with E-state index in [0.29, 0.717) is 28.7 Å². The number of carbonyl (C=O) groups is 1. The summed E-state index contributed by atoms with van der Waals surface area (Å²) in [6, 6.07) is 6.82. The lowest BCUT2D eigenvalue weighted by Gasteiger charge is -2.25. The van der Waals surface area contributed by atoms with Crippen LogP contribution in [0.3, 0.4) is 0 Å². The second-order valence-electron chi connectivity index (χ2n) is 7.83. The first-order valence-electron chi connectivity index (χ1n) is 9.63. The van der Waals surface area contributed by atoms with Crippen molar-refractivity contribution in [3.05, 3.63) is 46.8 Å². The fraction of sp³-hybridized carbons (Fsp3) is 0.381. The summed E-state index contributed by atoms with van der Waals surface area (Å²) in [5.41, 5.74) is 5.19. The molecule has 148 valence electrons. The lowest BCUT2D eigenvalue weighted by Crippen LogP contribution is -2.18. The first-order chi connectivity index (χ1) is 13.3. The summed E-state index contributed by atoms with van der Waals surface area (Å²) in [6.07, 6.45) is 5.20. The van der Waals surface area contributed by atoms with Gasteiger partial charge in [-0.1, -0.05) is 13.8 Å². The zero-order chi connectivity index (χ0) is 20.1. The predicted octanol–water partition coefficient (Wildman–Crippen LogP) is 3.49. The van der Waals surface area contributed by atoms with Crippen molar-refractivity contribution in [1.82, 2.24) is 9.71 Å². The molecule has 0 saturated carbocycles. The number of aryl methyl sites for hydroxylation is 1. The number of aromatic nitrogens is 1. The third kappa shape index (κ3) is 3.18. The van der Waals surface area contributed by atoms with Gasteiger partial charge in [0.05, 0.1) is 10.5 Å². The number of amides is 1. The smallest absolute Gasteiger partial charge is 0.256 e. The van der Waals surface area contributed by atoms with Gasteiger partial charge in [0.25, 0.3) is 5.91 Å². The molecular weight excluding hydrogens is 374 g/mol. The molecule has 4 rings (SSSR count). The second-order valence-corrected chi connectivity index (χ2v) is 9.71. The minimum absolute atomic E-state index is 0.141. The highest BCUT2D eigenvalue weighted by atomic mass is 32.2. The van der Waals surface area contributed by atoms with Crippen LogP contribution in [-0.4, -0.2) is 26.4 Å². The standard InChI is InChI=1S/C21H25N3O3S/c1-12(2)15-5-4-6-19-16(15)9-13(23-19)10-18-17-11-14(28(26,27)22-3)7-8-20(17)24-21(18)25/h7-12,15,22-23H,4-6H2,1-3H3,(H,24,25). The Morgan fingerprint density at radius 3 is 2.75 bits per heavy atom. The van der Waals surface area contributed by atoms with E-state index in [-0.39, 0.29) is 10.8 Å². The van der Waals surface area contributed by atoms with Crippen LogP contribution in [0, 0.1) is 5.92 Å². The molecule has 7 heteroatoms. The molecule has 1 unspecified atom stereocenters. The maximum absolute atomic E-state index is 12.5. The van der Waals surface area contributed by atoms with Crippen LogP contribution >= 0.6 is 0 Å². The summed E-state index contributed by atoms with van der Waals surface area (Å²) in [7, 11) is -2.20. The van der Waals surface area contributed by atoms with Gasteiger partial charge in [-0.15, -0.1) is 0 Å². The fourth-order valence-electron chi connectivity index (χ4n) is 4.25. The van der Waals surface area contributed by atoms with Crippen LogP contribution < -0.4 is 10.0 Å². The molecule has 0 fully saturated rings. The first kappa shape index (κ1) is 19.0. The Hall–Kier alpha value is -2.38. The molecule has 2 heterocycles. The molecule has 3 N–H and O–H groups in total. The van der Waals surface area contributed by atoms with E-state index in [0.717, 1.165) is 12.1 Å². The van der Waals surface area contributed by atoms with E-state index < -0.39 is 10.0 Å². The van der Waals surface area contributed by atoms with Crippen molar-refractivity contribution < 1.29 is 13.2 Å². The second kappa shape index (κ2) is 6.90. The molecule has 1 amide bonds. The van der Waals surface area contributed by atoms with Gasteiger partial charge in [0.15, 0.2) is 0 Å². The zero-order valence-corrected chi connectivity index (χ0v) is 17.1. The van der Waals surface area contributed by atoms with Crippen LogP contribution in [0.2, 0.25) is 0 Å². The lowest BCUT2D eigenvalue weighted by atomic mass is 9.80. The van der Waals surface area contributed by atoms with Gasteiger partial charge in [-0.2, -0.15) is 0 Å². The number of rotatable bonds is 4. The highest BCUT2D eigenvalue weighted by Crippen LogP contribution is 2.39. The van der Waals surface area contributed by atoms with Crippen LogP contribution in [0.25, 0.3) is 11.6 Å². The maximum atomic E-state index is 12.5. The van der Waals surface area contributed by atoms with Gasteiger partial charge >= 0.3 is 0 Å². The molecule has 28 heavy (non-hydrogen) atoms. The summed E-state index contributed by atoms with van der Waals surface area (Å²) in [6.45, 7) is 4.49. The average molecular weight is 400 g/mol.